The van der Waals surface area contributed by atoms with E-state index in [2.05, 4.69) is 52.0 Å². The molecular formula is C15H22O. The number of ether oxygens (including phenoxy) is 1. The monoisotopic (exact) mass is 218 g/mol. The average Bonchev–Trinajstić information content (AvgIpc) is 2.25. The number of benzene rings is 1. The van der Waals surface area contributed by atoms with Gasteiger partial charge in [0.1, 0.15) is 11.4 Å². The third-order valence-corrected chi connectivity index (χ3v) is 3.75. The molecule has 1 aromatic carbocycles. The van der Waals surface area contributed by atoms with E-state index in [4.69, 9.17) is 4.74 Å². The molecule has 0 aliphatic carbocycles. The molecule has 0 aromatic heterocycles. The summed E-state index contributed by atoms with van der Waals surface area (Å²) < 4.78 is 6.04. The Morgan fingerprint density at radius 1 is 1.38 bits per heavy atom. The molecule has 1 aliphatic rings. The Morgan fingerprint density at radius 3 is 2.75 bits per heavy atom. The van der Waals surface area contributed by atoms with Crippen molar-refractivity contribution in [3.8, 4) is 5.75 Å². The van der Waals surface area contributed by atoms with E-state index in [1.807, 2.05) is 0 Å². The van der Waals surface area contributed by atoms with Crippen LogP contribution in [-0.4, -0.2) is 5.60 Å². The molecule has 0 spiro atoms. The number of hydrogen-bond acceptors (Lipinski definition) is 1. The zero-order valence-electron chi connectivity index (χ0n) is 10.8. The van der Waals surface area contributed by atoms with E-state index in [1.165, 1.54) is 12.0 Å². The van der Waals surface area contributed by atoms with Crippen LogP contribution in [0.2, 0.25) is 0 Å². The van der Waals surface area contributed by atoms with Gasteiger partial charge in [0.15, 0.2) is 0 Å². The lowest BCUT2D eigenvalue weighted by Crippen LogP contribution is -2.36. The molecule has 2 atom stereocenters. The Balaban J connectivity index is 2.39. The second-order valence-corrected chi connectivity index (χ2v) is 5.60. The van der Waals surface area contributed by atoms with Crippen LogP contribution in [-0.2, 0) is 0 Å². The topological polar surface area (TPSA) is 9.23 Å². The standard InChI is InChI=1S/C15H22O/c1-5-11(2)13-10-15(3,4)16-14-9-7-6-8-12(13)14/h6-9,11,13H,5,10H2,1-4H3. The van der Waals surface area contributed by atoms with Gasteiger partial charge in [-0.15, -0.1) is 0 Å². The van der Waals surface area contributed by atoms with Crippen LogP contribution in [0.1, 0.15) is 52.0 Å². The van der Waals surface area contributed by atoms with Crippen LogP contribution in [0.5, 0.6) is 5.75 Å². The van der Waals surface area contributed by atoms with Crippen LogP contribution in [0.3, 0.4) is 0 Å². The number of para-hydroxylation sites is 1. The molecule has 0 amide bonds. The molecule has 0 fully saturated rings. The summed E-state index contributed by atoms with van der Waals surface area (Å²) in [5.74, 6) is 2.46. The summed E-state index contributed by atoms with van der Waals surface area (Å²) in [6.07, 6.45) is 2.36. The van der Waals surface area contributed by atoms with E-state index >= 15 is 0 Å². The van der Waals surface area contributed by atoms with E-state index < -0.39 is 0 Å². The summed E-state index contributed by atoms with van der Waals surface area (Å²) in [4.78, 5) is 0. The highest BCUT2D eigenvalue weighted by Gasteiger charge is 2.35. The second-order valence-electron chi connectivity index (χ2n) is 5.60. The van der Waals surface area contributed by atoms with Gasteiger partial charge in [0, 0.05) is 0 Å². The lowest BCUT2D eigenvalue weighted by molar-refractivity contribution is 0.0621. The van der Waals surface area contributed by atoms with Gasteiger partial charge in [-0.2, -0.15) is 0 Å². The van der Waals surface area contributed by atoms with Crippen LogP contribution < -0.4 is 4.74 Å². The van der Waals surface area contributed by atoms with Crippen molar-refractivity contribution in [2.24, 2.45) is 5.92 Å². The first-order chi connectivity index (χ1) is 7.53. The minimum atomic E-state index is -0.0253. The van der Waals surface area contributed by atoms with Gasteiger partial charge in [-0.25, -0.2) is 0 Å². The predicted molar refractivity (Wildman–Crippen MR) is 68.0 cm³/mol. The van der Waals surface area contributed by atoms with Gasteiger partial charge in [-0.1, -0.05) is 38.5 Å². The molecule has 2 unspecified atom stereocenters. The third-order valence-electron chi connectivity index (χ3n) is 3.75. The molecule has 88 valence electrons. The maximum absolute atomic E-state index is 6.04. The Hall–Kier alpha value is -0.980. The molecule has 16 heavy (non-hydrogen) atoms. The maximum Gasteiger partial charge on any atom is 0.123 e. The molecular weight excluding hydrogens is 196 g/mol. The molecule has 1 nitrogen and oxygen atoms in total. The normalized spacial score (nSPS) is 24.4. The lowest BCUT2D eigenvalue weighted by Gasteiger charge is -2.40. The third kappa shape index (κ3) is 2.09. The smallest absolute Gasteiger partial charge is 0.123 e. The molecule has 0 N–H and O–H groups in total. The average molecular weight is 218 g/mol. The number of fused-ring (bicyclic) bond motifs is 1. The SMILES string of the molecule is CCC(C)C1CC(C)(C)Oc2ccccc21. The summed E-state index contributed by atoms with van der Waals surface area (Å²) in [6.45, 7) is 9.01. The van der Waals surface area contributed by atoms with Crippen molar-refractivity contribution in [2.75, 3.05) is 0 Å². The van der Waals surface area contributed by atoms with E-state index in [9.17, 15) is 0 Å². The predicted octanol–water partition coefficient (Wildman–Crippen LogP) is 4.38. The van der Waals surface area contributed by atoms with E-state index in [1.54, 1.807) is 0 Å². The van der Waals surface area contributed by atoms with E-state index in [0.29, 0.717) is 5.92 Å². The van der Waals surface area contributed by atoms with E-state index in [-0.39, 0.29) is 5.60 Å². The Bertz CT molecular complexity index is 367. The minimum Gasteiger partial charge on any atom is -0.488 e. The van der Waals surface area contributed by atoms with Crippen molar-refractivity contribution >= 4 is 0 Å². The van der Waals surface area contributed by atoms with Crippen molar-refractivity contribution in [3.63, 3.8) is 0 Å². The van der Waals surface area contributed by atoms with Gasteiger partial charge >= 0.3 is 0 Å². The largest absolute Gasteiger partial charge is 0.488 e. The fraction of sp³-hybridized carbons (Fsp3) is 0.600. The van der Waals surface area contributed by atoms with Gasteiger partial charge in [0.05, 0.1) is 0 Å². The van der Waals surface area contributed by atoms with Crippen LogP contribution >= 0.6 is 0 Å². The molecule has 0 saturated carbocycles. The van der Waals surface area contributed by atoms with Crippen LogP contribution in [0.15, 0.2) is 24.3 Å². The van der Waals surface area contributed by atoms with Crippen molar-refractivity contribution < 1.29 is 4.74 Å². The number of hydrogen-bond donors (Lipinski definition) is 0. The zero-order valence-corrected chi connectivity index (χ0v) is 10.8. The van der Waals surface area contributed by atoms with Crippen LogP contribution in [0, 0.1) is 5.92 Å². The molecule has 0 saturated heterocycles. The first kappa shape index (κ1) is 11.5. The van der Waals surface area contributed by atoms with Gasteiger partial charge in [-0.3, -0.25) is 0 Å². The fourth-order valence-electron chi connectivity index (χ4n) is 2.65. The molecule has 1 aliphatic heterocycles. The maximum atomic E-state index is 6.04. The Morgan fingerprint density at radius 2 is 2.06 bits per heavy atom. The molecule has 0 radical (unpaired) electrons. The highest BCUT2D eigenvalue weighted by atomic mass is 16.5. The molecule has 2 rings (SSSR count). The molecule has 1 heteroatoms. The van der Waals surface area contributed by atoms with Gasteiger partial charge in [0.25, 0.3) is 0 Å². The zero-order chi connectivity index (χ0) is 11.8. The van der Waals surface area contributed by atoms with Crippen molar-refractivity contribution in [3.05, 3.63) is 29.8 Å². The van der Waals surface area contributed by atoms with Crippen molar-refractivity contribution in [2.45, 2.75) is 52.1 Å². The minimum absolute atomic E-state index is 0.0253. The van der Waals surface area contributed by atoms with Crippen LogP contribution in [0.25, 0.3) is 0 Å². The molecule has 0 bridgehead atoms. The summed E-state index contributed by atoms with van der Waals surface area (Å²) in [7, 11) is 0. The Kier molecular flexibility index (Phi) is 2.96. The van der Waals surface area contributed by atoms with E-state index in [0.717, 1.165) is 18.1 Å². The lowest BCUT2D eigenvalue weighted by atomic mass is 9.76. The first-order valence-corrected chi connectivity index (χ1v) is 6.31. The van der Waals surface area contributed by atoms with Gasteiger partial charge in [0.2, 0.25) is 0 Å². The van der Waals surface area contributed by atoms with Gasteiger partial charge < -0.3 is 4.74 Å². The Labute approximate surface area is 98.8 Å². The van der Waals surface area contributed by atoms with Crippen LogP contribution in [0.4, 0.5) is 0 Å². The summed E-state index contributed by atoms with van der Waals surface area (Å²) in [5.41, 5.74) is 1.37. The van der Waals surface area contributed by atoms with Crippen molar-refractivity contribution in [1.29, 1.82) is 0 Å². The molecule has 1 aromatic rings. The quantitative estimate of drug-likeness (QED) is 0.716. The summed E-state index contributed by atoms with van der Waals surface area (Å²) in [6, 6.07) is 8.51. The highest BCUT2D eigenvalue weighted by molar-refractivity contribution is 5.39. The highest BCUT2D eigenvalue weighted by Crippen LogP contribution is 2.44. The van der Waals surface area contributed by atoms with Gasteiger partial charge in [-0.05, 0) is 43.7 Å². The summed E-state index contributed by atoms with van der Waals surface area (Å²) in [5, 5.41) is 0. The molecule has 1 heterocycles. The first-order valence-electron chi connectivity index (χ1n) is 6.31. The number of rotatable bonds is 2. The fourth-order valence-corrected chi connectivity index (χ4v) is 2.65. The summed E-state index contributed by atoms with van der Waals surface area (Å²) >= 11 is 0. The second kappa shape index (κ2) is 4.12. The van der Waals surface area contributed by atoms with Crippen molar-refractivity contribution in [1.82, 2.24) is 0 Å².